The van der Waals surface area contributed by atoms with E-state index in [1.54, 1.807) is 6.07 Å². The number of aryl methyl sites for hydroxylation is 1. The molecule has 0 amide bonds. The minimum Gasteiger partial charge on any atom is -0.870 e. The largest absolute Gasteiger partial charge is 1.00 e. The quantitative estimate of drug-likeness (QED) is 0.319. The van der Waals surface area contributed by atoms with E-state index in [0.29, 0.717) is 5.75 Å². The normalized spacial score (nSPS) is 11.1. The molecule has 7 heteroatoms. The van der Waals surface area contributed by atoms with Gasteiger partial charge in [0.05, 0.1) is 4.90 Å². The van der Waals surface area contributed by atoms with Gasteiger partial charge < -0.3 is 9.84 Å². The maximum absolute atomic E-state index is 12.0. The number of benzene rings is 2. The molecule has 0 heterocycles. The van der Waals surface area contributed by atoms with Crippen molar-refractivity contribution >= 4 is 10.1 Å². The van der Waals surface area contributed by atoms with Crippen molar-refractivity contribution in [1.29, 1.82) is 0 Å². The van der Waals surface area contributed by atoms with Gasteiger partial charge >= 0.3 is 29.6 Å². The Balaban J connectivity index is 0.00000420. The van der Waals surface area contributed by atoms with Crippen LogP contribution in [0.25, 0.3) is 0 Å². The van der Waals surface area contributed by atoms with E-state index in [1.165, 1.54) is 75.3 Å². The SMILES string of the molecule is CCCCCCCCCCc1ccc([O-])c(Oc2ccc(S(=O)(=O)O)cc2)c1.[Na+]. The van der Waals surface area contributed by atoms with Crippen LogP contribution in [0, 0.1) is 0 Å². The zero-order valence-electron chi connectivity index (χ0n) is 17.4. The molecule has 29 heavy (non-hydrogen) atoms. The van der Waals surface area contributed by atoms with E-state index in [4.69, 9.17) is 9.29 Å². The minimum atomic E-state index is -4.25. The Morgan fingerprint density at radius 1 is 0.897 bits per heavy atom. The maximum atomic E-state index is 12.0. The van der Waals surface area contributed by atoms with Crippen LogP contribution >= 0.6 is 0 Å². The van der Waals surface area contributed by atoms with Crippen molar-refractivity contribution in [1.82, 2.24) is 0 Å². The monoisotopic (exact) mass is 428 g/mol. The average Bonchev–Trinajstić information content (AvgIpc) is 2.66. The molecule has 154 valence electrons. The molecule has 0 aromatic heterocycles. The number of hydrogen-bond donors (Lipinski definition) is 1. The van der Waals surface area contributed by atoms with E-state index < -0.39 is 10.1 Å². The third kappa shape index (κ3) is 9.53. The van der Waals surface area contributed by atoms with Crippen molar-refractivity contribution in [3.05, 3.63) is 48.0 Å². The minimum absolute atomic E-state index is 0. The Hall–Kier alpha value is -1.05. The molecular formula is C22H29NaO5S. The fourth-order valence-electron chi connectivity index (χ4n) is 3.06. The summed E-state index contributed by atoms with van der Waals surface area (Å²) in [7, 11) is -4.25. The van der Waals surface area contributed by atoms with Gasteiger partial charge in [0.1, 0.15) is 11.5 Å². The molecule has 0 saturated heterocycles. The summed E-state index contributed by atoms with van der Waals surface area (Å²) in [5, 5.41) is 12.0. The first-order valence-electron chi connectivity index (χ1n) is 9.95. The first kappa shape index (κ1) is 26.0. The van der Waals surface area contributed by atoms with Crippen LogP contribution in [0.1, 0.15) is 63.9 Å². The summed E-state index contributed by atoms with van der Waals surface area (Å²) in [5.74, 6) is 0.337. The van der Waals surface area contributed by atoms with Crippen molar-refractivity contribution < 1.29 is 52.4 Å². The molecule has 0 unspecified atom stereocenters. The molecule has 2 aromatic rings. The molecule has 0 saturated carbocycles. The summed E-state index contributed by atoms with van der Waals surface area (Å²) < 4.78 is 36.8. The van der Waals surface area contributed by atoms with Crippen LogP contribution in [0.3, 0.4) is 0 Å². The van der Waals surface area contributed by atoms with Gasteiger partial charge in [0.25, 0.3) is 10.1 Å². The van der Waals surface area contributed by atoms with Crippen LogP contribution in [0.15, 0.2) is 47.4 Å². The Kier molecular flexibility index (Phi) is 11.9. The van der Waals surface area contributed by atoms with Gasteiger partial charge in [0.15, 0.2) is 0 Å². The van der Waals surface area contributed by atoms with Gasteiger partial charge in [-0.3, -0.25) is 4.55 Å². The molecule has 0 aliphatic rings. The van der Waals surface area contributed by atoms with Gasteiger partial charge in [-0.05, 0) is 48.7 Å². The Bertz CT molecular complexity index is 835. The van der Waals surface area contributed by atoms with Crippen LogP contribution in [-0.2, 0) is 16.5 Å². The molecule has 2 rings (SSSR count). The van der Waals surface area contributed by atoms with Crippen LogP contribution in [0.5, 0.6) is 17.2 Å². The Morgan fingerprint density at radius 2 is 1.48 bits per heavy atom. The fourth-order valence-corrected chi connectivity index (χ4v) is 3.54. The van der Waals surface area contributed by atoms with Crippen molar-refractivity contribution in [2.45, 2.75) is 69.6 Å². The van der Waals surface area contributed by atoms with E-state index in [-0.39, 0.29) is 46.0 Å². The second kappa shape index (κ2) is 13.3. The van der Waals surface area contributed by atoms with Crippen LogP contribution < -0.4 is 39.4 Å². The third-order valence-corrected chi connectivity index (χ3v) is 5.54. The summed E-state index contributed by atoms with van der Waals surface area (Å²) in [5.41, 5.74) is 1.05. The van der Waals surface area contributed by atoms with E-state index >= 15 is 0 Å². The predicted octanol–water partition coefficient (Wildman–Crippen LogP) is 2.49. The van der Waals surface area contributed by atoms with Crippen molar-refractivity contribution in [3.63, 3.8) is 0 Å². The fraction of sp³-hybridized carbons (Fsp3) is 0.455. The Morgan fingerprint density at radius 3 is 2.07 bits per heavy atom. The first-order valence-corrected chi connectivity index (χ1v) is 11.4. The summed E-state index contributed by atoms with van der Waals surface area (Å²) in [4.78, 5) is -0.217. The predicted molar refractivity (Wildman–Crippen MR) is 109 cm³/mol. The smallest absolute Gasteiger partial charge is 0.870 e. The van der Waals surface area contributed by atoms with Gasteiger partial charge in [-0.15, -0.1) is 0 Å². The van der Waals surface area contributed by atoms with Crippen LogP contribution in [0.2, 0.25) is 0 Å². The average molecular weight is 429 g/mol. The summed E-state index contributed by atoms with van der Waals surface area (Å²) in [6.07, 6.45) is 10.9. The number of ether oxygens (including phenoxy) is 1. The van der Waals surface area contributed by atoms with Gasteiger partial charge in [0.2, 0.25) is 0 Å². The molecule has 0 aliphatic carbocycles. The topological polar surface area (TPSA) is 86.7 Å². The molecule has 2 aromatic carbocycles. The molecule has 0 atom stereocenters. The molecule has 0 fully saturated rings. The molecule has 0 spiro atoms. The van der Waals surface area contributed by atoms with Crippen LogP contribution in [0.4, 0.5) is 0 Å². The van der Waals surface area contributed by atoms with E-state index in [9.17, 15) is 13.5 Å². The number of hydrogen-bond acceptors (Lipinski definition) is 4. The first-order chi connectivity index (χ1) is 13.4. The summed E-state index contributed by atoms with van der Waals surface area (Å²) in [6, 6.07) is 10.4. The molecule has 5 nitrogen and oxygen atoms in total. The maximum Gasteiger partial charge on any atom is 1.00 e. The summed E-state index contributed by atoms with van der Waals surface area (Å²) in [6.45, 7) is 2.22. The van der Waals surface area contributed by atoms with Crippen molar-refractivity contribution in [2.24, 2.45) is 0 Å². The summed E-state index contributed by atoms with van der Waals surface area (Å²) >= 11 is 0. The molecule has 0 radical (unpaired) electrons. The second-order valence-electron chi connectivity index (χ2n) is 7.05. The zero-order valence-corrected chi connectivity index (χ0v) is 20.2. The van der Waals surface area contributed by atoms with Crippen molar-refractivity contribution in [2.75, 3.05) is 0 Å². The van der Waals surface area contributed by atoms with Gasteiger partial charge in [-0.1, -0.05) is 69.8 Å². The van der Waals surface area contributed by atoms with Gasteiger partial charge in [0, 0.05) is 0 Å². The molecular weight excluding hydrogens is 399 g/mol. The Labute approximate surface area is 196 Å². The van der Waals surface area contributed by atoms with Crippen LogP contribution in [-0.4, -0.2) is 13.0 Å². The van der Waals surface area contributed by atoms with E-state index in [2.05, 4.69) is 6.92 Å². The van der Waals surface area contributed by atoms with Gasteiger partial charge in [-0.2, -0.15) is 8.42 Å². The number of rotatable bonds is 12. The van der Waals surface area contributed by atoms with E-state index in [0.717, 1.165) is 18.4 Å². The van der Waals surface area contributed by atoms with Gasteiger partial charge in [-0.25, -0.2) is 0 Å². The number of unbranched alkanes of at least 4 members (excludes halogenated alkanes) is 7. The standard InChI is InChI=1S/C22H30O5S.Na/c1-2-3-4-5-6-7-8-9-10-18-11-16-21(23)22(17-18)27-19-12-14-20(15-13-19)28(24,25)26;/h11-17,23H,2-10H2,1H3,(H,24,25,26);/q;+1/p-1. The molecule has 0 aliphatic heterocycles. The molecule has 0 bridgehead atoms. The zero-order chi connectivity index (χ0) is 20.4. The van der Waals surface area contributed by atoms with Crippen molar-refractivity contribution in [3.8, 4) is 17.2 Å². The molecule has 1 N–H and O–H groups in total. The second-order valence-corrected chi connectivity index (χ2v) is 8.48. The van der Waals surface area contributed by atoms with E-state index in [1.807, 2.05) is 6.07 Å². The third-order valence-electron chi connectivity index (χ3n) is 4.68.